The minimum Gasteiger partial charge on any atom is -0.494 e. The Bertz CT molecular complexity index is 328. The lowest BCUT2D eigenvalue weighted by molar-refractivity contribution is 0.186. The van der Waals surface area contributed by atoms with E-state index in [0.29, 0.717) is 11.1 Å². The number of methoxy groups -OCH3 is 1. The van der Waals surface area contributed by atoms with Gasteiger partial charge in [0.1, 0.15) is 0 Å². The molecule has 3 nitrogen and oxygen atoms in total. The van der Waals surface area contributed by atoms with Gasteiger partial charge in [-0.15, -0.1) is 0 Å². The first kappa shape index (κ1) is 10.9. The maximum Gasteiger partial charge on any atom is 0.167 e. The van der Waals surface area contributed by atoms with Gasteiger partial charge in [0, 0.05) is 6.54 Å². The topological polar surface area (TPSA) is 55.5 Å². The number of aliphatic hydroxyl groups is 1. The number of nitrogens with two attached hydrogens (primary N) is 1. The molecule has 0 fully saturated rings. The molecule has 0 aliphatic heterocycles. The minimum absolute atomic E-state index is 0.105. The molecule has 14 heavy (non-hydrogen) atoms. The molecule has 0 radical (unpaired) electrons. The molecular formula is C10H14FNO2. The maximum atomic E-state index is 13.3. The van der Waals surface area contributed by atoms with Crippen molar-refractivity contribution in [1.82, 2.24) is 0 Å². The summed E-state index contributed by atoms with van der Waals surface area (Å²) in [6, 6.07) is 3.02. The Hall–Kier alpha value is -1.13. The van der Waals surface area contributed by atoms with E-state index in [9.17, 15) is 9.50 Å². The molecule has 1 atom stereocenters. The van der Waals surface area contributed by atoms with E-state index < -0.39 is 11.9 Å². The normalized spacial score (nSPS) is 12.6. The fourth-order valence-corrected chi connectivity index (χ4v) is 1.24. The SMILES string of the molecule is COc1cc(C(O)CN)cc(C)c1F. The molecule has 3 N–H and O–H groups in total. The van der Waals surface area contributed by atoms with E-state index in [1.807, 2.05) is 0 Å². The van der Waals surface area contributed by atoms with Crippen molar-refractivity contribution < 1.29 is 14.2 Å². The molecule has 0 bridgehead atoms. The van der Waals surface area contributed by atoms with Crippen LogP contribution in [0.3, 0.4) is 0 Å². The van der Waals surface area contributed by atoms with Crippen LogP contribution < -0.4 is 10.5 Å². The minimum atomic E-state index is -0.775. The number of halogens is 1. The lowest BCUT2D eigenvalue weighted by atomic mass is 10.1. The molecule has 0 aromatic heterocycles. The Balaban J connectivity index is 3.16. The highest BCUT2D eigenvalue weighted by Crippen LogP contribution is 2.25. The smallest absolute Gasteiger partial charge is 0.167 e. The van der Waals surface area contributed by atoms with Crippen LogP contribution in [0, 0.1) is 12.7 Å². The molecule has 1 aromatic carbocycles. The van der Waals surface area contributed by atoms with Gasteiger partial charge < -0.3 is 15.6 Å². The summed E-state index contributed by atoms with van der Waals surface area (Å²) in [5.41, 5.74) is 6.31. The number of aliphatic hydroxyl groups excluding tert-OH is 1. The average Bonchev–Trinajstić information content (AvgIpc) is 2.20. The van der Waals surface area contributed by atoms with E-state index in [4.69, 9.17) is 10.5 Å². The molecule has 4 heteroatoms. The van der Waals surface area contributed by atoms with Crippen LogP contribution in [0.1, 0.15) is 17.2 Å². The first-order valence-electron chi connectivity index (χ1n) is 4.32. The van der Waals surface area contributed by atoms with Crippen LogP contribution in [0.2, 0.25) is 0 Å². The molecule has 78 valence electrons. The predicted molar refractivity (Wildman–Crippen MR) is 51.7 cm³/mol. The fraction of sp³-hybridized carbons (Fsp3) is 0.400. The zero-order chi connectivity index (χ0) is 10.7. The van der Waals surface area contributed by atoms with Crippen molar-refractivity contribution in [3.8, 4) is 5.75 Å². The Morgan fingerprint density at radius 3 is 2.71 bits per heavy atom. The molecule has 0 amide bonds. The van der Waals surface area contributed by atoms with Crippen LogP contribution >= 0.6 is 0 Å². The summed E-state index contributed by atoms with van der Waals surface area (Å²) in [5, 5.41) is 9.46. The van der Waals surface area contributed by atoms with Crippen LogP contribution in [0.4, 0.5) is 4.39 Å². The van der Waals surface area contributed by atoms with Crippen molar-refractivity contribution in [3.05, 3.63) is 29.1 Å². The first-order valence-corrected chi connectivity index (χ1v) is 4.32. The maximum absolute atomic E-state index is 13.3. The molecular weight excluding hydrogens is 185 g/mol. The predicted octanol–water partition coefficient (Wildman–Crippen LogP) is 1.13. The largest absolute Gasteiger partial charge is 0.494 e. The van der Waals surface area contributed by atoms with E-state index >= 15 is 0 Å². The number of benzene rings is 1. The summed E-state index contributed by atoms with van der Waals surface area (Å²) in [4.78, 5) is 0. The second kappa shape index (κ2) is 4.39. The van der Waals surface area contributed by atoms with E-state index in [0.717, 1.165) is 0 Å². The van der Waals surface area contributed by atoms with Gasteiger partial charge in [0.15, 0.2) is 11.6 Å². The van der Waals surface area contributed by atoms with Crippen LogP contribution in [0.15, 0.2) is 12.1 Å². The quantitative estimate of drug-likeness (QED) is 0.767. The van der Waals surface area contributed by atoms with Gasteiger partial charge in [-0.1, -0.05) is 6.07 Å². The lowest BCUT2D eigenvalue weighted by Crippen LogP contribution is -2.12. The number of ether oxygens (including phenoxy) is 1. The third-order valence-electron chi connectivity index (χ3n) is 2.07. The zero-order valence-electron chi connectivity index (χ0n) is 8.25. The summed E-state index contributed by atoms with van der Waals surface area (Å²) in [6.07, 6.45) is -0.775. The summed E-state index contributed by atoms with van der Waals surface area (Å²) >= 11 is 0. The summed E-state index contributed by atoms with van der Waals surface area (Å²) in [7, 11) is 1.39. The van der Waals surface area contributed by atoms with Gasteiger partial charge in [0.05, 0.1) is 13.2 Å². The standard InChI is InChI=1S/C10H14FNO2/c1-6-3-7(8(13)5-12)4-9(14-2)10(6)11/h3-4,8,13H,5,12H2,1-2H3. The fourth-order valence-electron chi connectivity index (χ4n) is 1.24. The van der Waals surface area contributed by atoms with Crippen molar-refractivity contribution in [2.45, 2.75) is 13.0 Å². The monoisotopic (exact) mass is 199 g/mol. The molecule has 0 saturated heterocycles. The molecule has 1 rings (SSSR count). The number of hydrogen-bond acceptors (Lipinski definition) is 3. The molecule has 1 unspecified atom stereocenters. The summed E-state index contributed by atoms with van der Waals surface area (Å²) in [5.74, 6) is -0.270. The highest BCUT2D eigenvalue weighted by atomic mass is 19.1. The molecule has 0 aliphatic carbocycles. The lowest BCUT2D eigenvalue weighted by Gasteiger charge is -2.12. The second-order valence-corrected chi connectivity index (χ2v) is 3.11. The zero-order valence-corrected chi connectivity index (χ0v) is 8.25. The Labute approximate surface area is 82.3 Å². The second-order valence-electron chi connectivity index (χ2n) is 3.11. The van der Waals surface area contributed by atoms with Crippen molar-refractivity contribution in [3.63, 3.8) is 0 Å². The van der Waals surface area contributed by atoms with E-state index in [2.05, 4.69) is 0 Å². The average molecular weight is 199 g/mol. The van der Waals surface area contributed by atoms with Crippen LogP contribution in [-0.2, 0) is 0 Å². The number of aryl methyl sites for hydroxylation is 1. The van der Waals surface area contributed by atoms with Crippen LogP contribution in [0.25, 0.3) is 0 Å². The number of hydrogen-bond donors (Lipinski definition) is 2. The van der Waals surface area contributed by atoms with Gasteiger partial charge in [-0.2, -0.15) is 0 Å². The molecule has 0 aliphatic rings. The van der Waals surface area contributed by atoms with Gasteiger partial charge in [-0.05, 0) is 24.1 Å². The summed E-state index contributed by atoms with van der Waals surface area (Å²) < 4.78 is 18.1. The van der Waals surface area contributed by atoms with Gasteiger partial charge in [0.25, 0.3) is 0 Å². The van der Waals surface area contributed by atoms with Crippen LogP contribution in [0.5, 0.6) is 5.75 Å². The Kier molecular flexibility index (Phi) is 3.43. The van der Waals surface area contributed by atoms with Gasteiger partial charge >= 0.3 is 0 Å². The molecule has 0 spiro atoms. The highest BCUT2D eigenvalue weighted by molar-refractivity contribution is 5.36. The molecule has 0 saturated carbocycles. The van der Waals surface area contributed by atoms with Gasteiger partial charge in [-0.3, -0.25) is 0 Å². The van der Waals surface area contributed by atoms with Crippen molar-refractivity contribution in [2.75, 3.05) is 13.7 Å². The van der Waals surface area contributed by atoms with Crippen molar-refractivity contribution >= 4 is 0 Å². The molecule has 0 heterocycles. The third-order valence-corrected chi connectivity index (χ3v) is 2.07. The van der Waals surface area contributed by atoms with Crippen molar-refractivity contribution in [1.29, 1.82) is 0 Å². The highest BCUT2D eigenvalue weighted by Gasteiger charge is 2.12. The van der Waals surface area contributed by atoms with E-state index in [1.165, 1.54) is 13.2 Å². The molecule has 1 aromatic rings. The van der Waals surface area contributed by atoms with E-state index in [-0.39, 0.29) is 12.3 Å². The summed E-state index contributed by atoms with van der Waals surface area (Å²) in [6.45, 7) is 1.72. The first-order chi connectivity index (χ1) is 6.60. The third kappa shape index (κ3) is 2.02. The Morgan fingerprint density at radius 1 is 1.57 bits per heavy atom. The number of rotatable bonds is 3. The Morgan fingerprint density at radius 2 is 2.21 bits per heavy atom. The van der Waals surface area contributed by atoms with Crippen LogP contribution in [-0.4, -0.2) is 18.8 Å². The van der Waals surface area contributed by atoms with Crippen molar-refractivity contribution in [2.24, 2.45) is 5.73 Å². The van der Waals surface area contributed by atoms with E-state index in [1.54, 1.807) is 13.0 Å². The van der Waals surface area contributed by atoms with Gasteiger partial charge in [-0.25, -0.2) is 4.39 Å². The van der Waals surface area contributed by atoms with Gasteiger partial charge in [0.2, 0.25) is 0 Å².